The highest BCUT2D eigenvalue weighted by Crippen LogP contribution is 2.48. The average molecular weight is 298 g/mol. The lowest BCUT2D eigenvalue weighted by atomic mass is 9.67. The fourth-order valence-corrected chi connectivity index (χ4v) is 4.32. The van der Waals surface area contributed by atoms with E-state index in [0.717, 1.165) is 13.0 Å². The molecule has 1 aromatic carbocycles. The molecule has 3 fully saturated rings. The standard InChI is InChI=1S/C19H26N2O/c1-20-11-9-19(10-12-20)13-17(15-5-3-2-4-6-15)18(22)21(14-19)16-7-8-16/h2-6,16-17H,7-14H2,1H3/t17-/m0/s1. The molecule has 1 amide bonds. The van der Waals surface area contributed by atoms with Gasteiger partial charge in [-0.25, -0.2) is 0 Å². The lowest BCUT2D eigenvalue weighted by Crippen LogP contribution is -2.54. The highest BCUT2D eigenvalue weighted by atomic mass is 16.2. The van der Waals surface area contributed by atoms with Gasteiger partial charge in [0, 0.05) is 12.6 Å². The van der Waals surface area contributed by atoms with Crippen molar-refractivity contribution in [3.8, 4) is 0 Å². The quantitative estimate of drug-likeness (QED) is 0.838. The summed E-state index contributed by atoms with van der Waals surface area (Å²) in [4.78, 5) is 17.7. The summed E-state index contributed by atoms with van der Waals surface area (Å²) in [6.07, 6.45) is 5.95. The van der Waals surface area contributed by atoms with Crippen LogP contribution in [0.2, 0.25) is 0 Å². The largest absolute Gasteiger partial charge is 0.339 e. The van der Waals surface area contributed by atoms with Gasteiger partial charge in [-0.05, 0) is 63.2 Å². The second kappa shape index (κ2) is 5.38. The number of amides is 1. The molecule has 3 aliphatic rings. The van der Waals surface area contributed by atoms with Crippen LogP contribution in [0.5, 0.6) is 0 Å². The summed E-state index contributed by atoms with van der Waals surface area (Å²) in [5.74, 6) is 0.470. The summed E-state index contributed by atoms with van der Waals surface area (Å²) in [5.41, 5.74) is 1.57. The van der Waals surface area contributed by atoms with E-state index in [2.05, 4.69) is 41.1 Å². The van der Waals surface area contributed by atoms with Gasteiger partial charge in [0.05, 0.1) is 5.92 Å². The van der Waals surface area contributed by atoms with Gasteiger partial charge in [-0.2, -0.15) is 0 Å². The minimum atomic E-state index is 0.0824. The van der Waals surface area contributed by atoms with E-state index in [4.69, 9.17) is 0 Å². The van der Waals surface area contributed by atoms with Crippen molar-refractivity contribution in [2.45, 2.75) is 44.1 Å². The Morgan fingerprint density at radius 1 is 1.09 bits per heavy atom. The highest BCUT2D eigenvalue weighted by Gasteiger charge is 2.49. The molecule has 0 bridgehead atoms. The summed E-state index contributed by atoms with van der Waals surface area (Å²) >= 11 is 0. The number of carbonyl (C=O) groups is 1. The predicted octanol–water partition coefficient (Wildman–Crippen LogP) is 2.88. The number of likely N-dealkylation sites (tertiary alicyclic amines) is 2. The first kappa shape index (κ1) is 14.3. The molecule has 22 heavy (non-hydrogen) atoms. The van der Waals surface area contributed by atoms with Crippen LogP contribution in [0.15, 0.2) is 30.3 Å². The number of nitrogens with zero attached hydrogens (tertiary/aromatic N) is 2. The van der Waals surface area contributed by atoms with Crippen LogP contribution in [0.3, 0.4) is 0 Å². The van der Waals surface area contributed by atoms with Crippen molar-refractivity contribution in [2.75, 3.05) is 26.7 Å². The van der Waals surface area contributed by atoms with Crippen molar-refractivity contribution in [3.05, 3.63) is 35.9 Å². The zero-order valence-electron chi connectivity index (χ0n) is 13.5. The maximum atomic E-state index is 13.0. The first-order valence-electron chi connectivity index (χ1n) is 8.71. The van der Waals surface area contributed by atoms with E-state index in [1.54, 1.807) is 0 Å². The summed E-state index contributed by atoms with van der Waals surface area (Å²) < 4.78 is 0. The third kappa shape index (κ3) is 2.56. The van der Waals surface area contributed by atoms with Crippen molar-refractivity contribution in [2.24, 2.45) is 5.41 Å². The van der Waals surface area contributed by atoms with Gasteiger partial charge in [0.25, 0.3) is 0 Å². The fourth-order valence-electron chi connectivity index (χ4n) is 4.32. The van der Waals surface area contributed by atoms with Crippen molar-refractivity contribution in [1.82, 2.24) is 9.80 Å². The zero-order chi connectivity index (χ0) is 15.2. The Kier molecular flexibility index (Phi) is 3.48. The molecule has 2 aliphatic heterocycles. The highest BCUT2D eigenvalue weighted by molar-refractivity contribution is 5.85. The first-order chi connectivity index (χ1) is 10.7. The van der Waals surface area contributed by atoms with Crippen molar-refractivity contribution < 1.29 is 4.79 Å². The molecule has 0 N–H and O–H groups in total. The Bertz CT molecular complexity index is 544. The van der Waals surface area contributed by atoms with E-state index in [1.807, 2.05) is 6.07 Å². The number of benzene rings is 1. The first-order valence-corrected chi connectivity index (χ1v) is 8.71. The predicted molar refractivity (Wildman–Crippen MR) is 87.7 cm³/mol. The molecule has 1 aliphatic carbocycles. The molecule has 2 heterocycles. The molecule has 0 radical (unpaired) electrons. The molecule has 2 saturated heterocycles. The molecule has 1 atom stereocenters. The molecular weight excluding hydrogens is 272 g/mol. The third-order valence-electron chi connectivity index (χ3n) is 5.96. The summed E-state index contributed by atoms with van der Waals surface area (Å²) in [6.45, 7) is 3.36. The second-order valence-corrected chi connectivity index (χ2v) is 7.67. The van der Waals surface area contributed by atoms with Gasteiger partial charge in [0.1, 0.15) is 0 Å². The van der Waals surface area contributed by atoms with Gasteiger partial charge in [-0.15, -0.1) is 0 Å². The Morgan fingerprint density at radius 2 is 1.77 bits per heavy atom. The number of piperidine rings is 2. The van der Waals surface area contributed by atoms with Crippen LogP contribution in [0.25, 0.3) is 0 Å². The molecule has 4 rings (SSSR count). The lowest BCUT2D eigenvalue weighted by Gasteiger charge is -2.49. The van der Waals surface area contributed by atoms with Gasteiger partial charge >= 0.3 is 0 Å². The van der Waals surface area contributed by atoms with Gasteiger partial charge in [-0.3, -0.25) is 4.79 Å². The van der Waals surface area contributed by atoms with E-state index in [0.29, 0.717) is 17.4 Å². The summed E-state index contributed by atoms with van der Waals surface area (Å²) in [6, 6.07) is 11.0. The smallest absolute Gasteiger partial charge is 0.230 e. The number of hydrogen-bond donors (Lipinski definition) is 0. The monoisotopic (exact) mass is 298 g/mol. The van der Waals surface area contributed by atoms with Gasteiger partial charge in [-0.1, -0.05) is 30.3 Å². The van der Waals surface area contributed by atoms with Crippen LogP contribution in [0.1, 0.15) is 43.6 Å². The van der Waals surface area contributed by atoms with E-state index < -0.39 is 0 Å². The van der Waals surface area contributed by atoms with E-state index in [9.17, 15) is 4.79 Å². The number of rotatable bonds is 2. The van der Waals surface area contributed by atoms with Crippen LogP contribution < -0.4 is 0 Å². The van der Waals surface area contributed by atoms with E-state index in [1.165, 1.54) is 44.3 Å². The van der Waals surface area contributed by atoms with E-state index in [-0.39, 0.29) is 5.92 Å². The molecule has 1 spiro atoms. The van der Waals surface area contributed by atoms with Gasteiger partial charge in [0.15, 0.2) is 0 Å². The topological polar surface area (TPSA) is 23.6 Å². The van der Waals surface area contributed by atoms with Gasteiger partial charge in [0.2, 0.25) is 5.91 Å². The average Bonchev–Trinajstić information content (AvgIpc) is 3.38. The van der Waals surface area contributed by atoms with Gasteiger partial charge < -0.3 is 9.80 Å². The van der Waals surface area contributed by atoms with Crippen LogP contribution in [-0.2, 0) is 4.79 Å². The molecule has 3 nitrogen and oxygen atoms in total. The molecule has 1 aromatic rings. The van der Waals surface area contributed by atoms with Crippen LogP contribution >= 0.6 is 0 Å². The van der Waals surface area contributed by atoms with E-state index >= 15 is 0 Å². The Labute approximate surface area is 133 Å². The zero-order valence-corrected chi connectivity index (χ0v) is 13.5. The summed E-state index contributed by atoms with van der Waals surface area (Å²) in [7, 11) is 2.22. The molecule has 118 valence electrons. The number of carbonyl (C=O) groups excluding carboxylic acids is 1. The summed E-state index contributed by atoms with van der Waals surface area (Å²) in [5, 5.41) is 0. The molecule has 0 unspecified atom stereocenters. The van der Waals surface area contributed by atoms with Crippen molar-refractivity contribution in [3.63, 3.8) is 0 Å². The van der Waals surface area contributed by atoms with Crippen molar-refractivity contribution >= 4 is 5.91 Å². The molecular formula is C19H26N2O. The SMILES string of the molecule is CN1CCC2(CC1)C[C@@H](c1ccccc1)C(=O)N(C1CC1)C2. The Hall–Kier alpha value is -1.35. The Balaban J connectivity index is 1.64. The lowest BCUT2D eigenvalue weighted by molar-refractivity contribution is -0.142. The minimum Gasteiger partial charge on any atom is -0.339 e. The third-order valence-corrected chi connectivity index (χ3v) is 5.96. The molecule has 3 heteroatoms. The molecule has 1 saturated carbocycles. The van der Waals surface area contributed by atoms with Crippen molar-refractivity contribution in [1.29, 1.82) is 0 Å². The maximum absolute atomic E-state index is 13.0. The van der Waals surface area contributed by atoms with Crippen LogP contribution in [0, 0.1) is 5.41 Å². The maximum Gasteiger partial charge on any atom is 0.230 e. The van der Waals surface area contributed by atoms with Crippen LogP contribution in [-0.4, -0.2) is 48.4 Å². The van der Waals surface area contributed by atoms with Crippen LogP contribution in [0.4, 0.5) is 0 Å². The normalized spacial score (nSPS) is 29.0. The Morgan fingerprint density at radius 3 is 2.41 bits per heavy atom. The number of hydrogen-bond acceptors (Lipinski definition) is 2. The fraction of sp³-hybridized carbons (Fsp3) is 0.632. The second-order valence-electron chi connectivity index (χ2n) is 7.67. The minimum absolute atomic E-state index is 0.0824. The molecule has 0 aromatic heterocycles.